The van der Waals surface area contributed by atoms with Gasteiger partial charge in [-0.3, -0.25) is 20.2 Å². The van der Waals surface area contributed by atoms with E-state index in [0.29, 0.717) is 17.8 Å². The standard InChI is InChI=1S/C32H31N7O.CH5N/c1-19(16-37-29(33)15-20(2)34-4)30(35-5)26-17-38-31-24(26)9-7-11-28(31)39-18-27-23(8-6-10-25(27)32(39)40)22-12-13-36-21(3)14-22;1-2/h6-17,33-34,38H,5,18H2,1-4H3;2H2,1H3/b20-15-,30-19-,33-29?,37-16?;. The number of carbonyl (C=O) groups is 1. The number of hydrogen-bond acceptors (Lipinski definition) is 6. The van der Waals surface area contributed by atoms with Gasteiger partial charge in [-0.2, -0.15) is 0 Å². The van der Waals surface area contributed by atoms with Gasteiger partial charge in [0, 0.05) is 59.6 Å². The van der Waals surface area contributed by atoms with Gasteiger partial charge in [0.25, 0.3) is 5.91 Å². The van der Waals surface area contributed by atoms with Gasteiger partial charge in [-0.25, -0.2) is 4.99 Å². The highest BCUT2D eigenvalue weighted by Gasteiger charge is 2.32. The molecule has 4 aromatic rings. The Hall–Kier alpha value is -5.15. The molecule has 0 fully saturated rings. The third kappa shape index (κ3) is 5.82. The molecule has 42 heavy (non-hydrogen) atoms. The van der Waals surface area contributed by atoms with Crippen LogP contribution in [0.2, 0.25) is 0 Å². The number of nitrogens with one attached hydrogen (secondary N) is 3. The van der Waals surface area contributed by atoms with Gasteiger partial charge in [0.05, 0.1) is 23.4 Å². The largest absolute Gasteiger partial charge is 0.392 e. The Morgan fingerprint density at radius 1 is 1.17 bits per heavy atom. The van der Waals surface area contributed by atoms with E-state index in [1.807, 2.05) is 74.3 Å². The number of aryl methyl sites for hydroxylation is 1. The lowest BCUT2D eigenvalue weighted by atomic mass is 9.97. The average molecular weight is 561 g/mol. The van der Waals surface area contributed by atoms with E-state index in [0.717, 1.165) is 55.8 Å². The summed E-state index contributed by atoms with van der Waals surface area (Å²) in [7, 11) is 3.30. The summed E-state index contributed by atoms with van der Waals surface area (Å²) in [5.74, 6) is 0.0971. The number of aliphatic imine (C=N–C) groups is 2. The predicted octanol–water partition coefficient (Wildman–Crippen LogP) is 5.88. The summed E-state index contributed by atoms with van der Waals surface area (Å²) in [6.45, 7) is 9.99. The maximum atomic E-state index is 13.7. The zero-order valence-corrected chi connectivity index (χ0v) is 24.6. The Morgan fingerprint density at radius 2 is 1.90 bits per heavy atom. The maximum absolute atomic E-state index is 13.7. The van der Waals surface area contributed by atoms with E-state index in [-0.39, 0.29) is 11.7 Å². The van der Waals surface area contributed by atoms with Gasteiger partial charge < -0.3 is 20.9 Å². The highest BCUT2D eigenvalue weighted by molar-refractivity contribution is 6.15. The monoisotopic (exact) mass is 560 g/mol. The summed E-state index contributed by atoms with van der Waals surface area (Å²) in [5, 5.41) is 12.0. The molecule has 0 atom stereocenters. The van der Waals surface area contributed by atoms with Crippen molar-refractivity contribution >= 4 is 47.0 Å². The van der Waals surface area contributed by atoms with Crippen LogP contribution in [0.1, 0.15) is 41.0 Å². The molecule has 5 N–H and O–H groups in total. The first kappa shape index (κ1) is 29.8. The number of amides is 1. The minimum atomic E-state index is -0.0318. The fourth-order valence-electron chi connectivity index (χ4n) is 5.03. The molecule has 9 nitrogen and oxygen atoms in total. The van der Waals surface area contributed by atoms with Gasteiger partial charge in [0.15, 0.2) is 0 Å². The van der Waals surface area contributed by atoms with Crippen molar-refractivity contribution in [2.75, 3.05) is 19.0 Å². The van der Waals surface area contributed by atoms with E-state index in [1.54, 1.807) is 25.5 Å². The Labute approximate surface area is 246 Å². The first-order valence-corrected chi connectivity index (χ1v) is 13.5. The molecule has 0 aliphatic carbocycles. The number of allylic oxidation sites excluding steroid dienone is 2. The Kier molecular flexibility index (Phi) is 9.24. The molecule has 0 bridgehead atoms. The van der Waals surface area contributed by atoms with E-state index in [1.165, 1.54) is 7.05 Å². The smallest absolute Gasteiger partial charge is 0.259 e. The van der Waals surface area contributed by atoms with Crippen LogP contribution in [-0.2, 0) is 6.54 Å². The van der Waals surface area contributed by atoms with Crippen molar-refractivity contribution in [1.82, 2.24) is 15.3 Å². The number of anilines is 1. The zero-order chi connectivity index (χ0) is 30.4. The number of pyridine rings is 1. The van der Waals surface area contributed by atoms with Gasteiger partial charge in [-0.15, -0.1) is 0 Å². The molecule has 1 aliphatic rings. The fraction of sp³-hybridized carbons (Fsp3) is 0.182. The lowest BCUT2D eigenvalue weighted by molar-refractivity contribution is 0.0997. The molecule has 0 radical (unpaired) electrons. The molecule has 2 aromatic heterocycles. The van der Waals surface area contributed by atoms with Gasteiger partial charge in [-0.1, -0.05) is 24.3 Å². The number of H-pyrrole nitrogens is 1. The van der Waals surface area contributed by atoms with Crippen LogP contribution in [-0.4, -0.2) is 48.7 Å². The maximum Gasteiger partial charge on any atom is 0.259 e. The van der Waals surface area contributed by atoms with E-state index in [4.69, 9.17) is 5.41 Å². The first-order valence-electron chi connectivity index (χ1n) is 13.5. The van der Waals surface area contributed by atoms with Crippen molar-refractivity contribution in [2.45, 2.75) is 27.3 Å². The summed E-state index contributed by atoms with van der Waals surface area (Å²) in [4.78, 5) is 31.7. The predicted molar refractivity (Wildman–Crippen MR) is 175 cm³/mol. The number of rotatable bonds is 7. The number of carbonyl (C=O) groups excluding carboxylic acids is 1. The number of nitrogens with two attached hydrogens (primary N) is 1. The van der Waals surface area contributed by atoms with Gasteiger partial charge in [-0.05, 0) is 81.1 Å². The molecular formula is C33H36N8O. The molecule has 9 heteroatoms. The number of nitrogens with zero attached hydrogens (tertiary/aromatic N) is 4. The van der Waals surface area contributed by atoms with Gasteiger partial charge >= 0.3 is 0 Å². The van der Waals surface area contributed by atoms with E-state index in [2.05, 4.69) is 43.8 Å². The third-order valence-corrected chi connectivity index (χ3v) is 7.09. The Morgan fingerprint density at radius 3 is 2.62 bits per heavy atom. The quantitative estimate of drug-likeness (QED) is 0.166. The van der Waals surface area contributed by atoms with Crippen molar-refractivity contribution in [3.05, 3.63) is 101 Å². The number of para-hydroxylation sites is 1. The third-order valence-electron chi connectivity index (χ3n) is 7.09. The Balaban J connectivity index is 0.00000198. The molecule has 214 valence electrons. The highest BCUT2D eigenvalue weighted by atomic mass is 16.2. The minimum absolute atomic E-state index is 0.0318. The number of aromatic amines is 1. The Bertz CT molecular complexity index is 1760. The van der Waals surface area contributed by atoms with E-state index < -0.39 is 0 Å². The molecule has 0 spiro atoms. The average Bonchev–Trinajstić information content (AvgIpc) is 3.58. The topological polar surface area (TPSA) is 136 Å². The van der Waals surface area contributed by atoms with Crippen LogP contribution in [0.3, 0.4) is 0 Å². The van der Waals surface area contributed by atoms with E-state index in [9.17, 15) is 4.79 Å². The normalized spacial score (nSPS) is 13.5. The zero-order valence-electron chi connectivity index (χ0n) is 24.6. The molecule has 0 saturated carbocycles. The summed E-state index contributed by atoms with van der Waals surface area (Å²) in [6, 6.07) is 15.8. The lowest BCUT2D eigenvalue weighted by Gasteiger charge is -2.17. The second-order valence-corrected chi connectivity index (χ2v) is 9.72. The lowest BCUT2D eigenvalue weighted by Crippen LogP contribution is -2.23. The number of benzene rings is 2. The van der Waals surface area contributed by atoms with Crippen molar-refractivity contribution in [3.63, 3.8) is 0 Å². The SMILES string of the molecule is C=N/C(=C(/C)C=NC(=N)/C=C(/C)NC)c1c[nH]c2c(N3Cc4c(cccc4-c4ccnc(C)c4)C3=O)cccc12.CN. The number of amidine groups is 1. The second-order valence-electron chi connectivity index (χ2n) is 9.72. The molecule has 1 amide bonds. The highest BCUT2D eigenvalue weighted by Crippen LogP contribution is 2.39. The molecule has 0 unspecified atom stereocenters. The minimum Gasteiger partial charge on any atom is -0.392 e. The molecule has 5 rings (SSSR count). The van der Waals surface area contributed by atoms with Crippen LogP contribution in [0, 0.1) is 12.3 Å². The molecule has 3 heterocycles. The van der Waals surface area contributed by atoms with E-state index >= 15 is 0 Å². The molecule has 2 aromatic carbocycles. The molecule has 0 saturated heterocycles. The van der Waals surface area contributed by atoms with Crippen molar-refractivity contribution in [1.29, 1.82) is 5.41 Å². The van der Waals surface area contributed by atoms with Crippen molar-refractivity contribution in [2.24, 2.45) is 15.7 Å². The van der Waals surface area contributed by atoms with Crippen LogP contribution in [0.4, 0.5) is 5.69 Å². The number of hydrogen-bond donors (Lipinski definition) is 4. The van der Waals surface area contributed by atoms with Gasteiger partial charge in [0.1, 0.15) is 5.84 Å². The number of fused-ring (bicyclic) bond motifs is 2. The number of aromatic nitrogens is 2. The summed E-state index contributed by atoms with van der Waals surface area (Å²) in [6.07, 6.45) is 6.95. The summed E-state index contributed by atoms with van der Waals surface area (Å²) in [5.41, 5.74) is 14.0. The van der Waals surface area contributed by atoms with Crippen molar-refractivity contribution < 1.29 is 4.79 Å². The van der Waals surface area contributed by atoms with Crippen LogP contribution >= 0.6 is 0 Å². The van der Waals surface area contributed by atoms with Crippen LogP contribution in [0.15, 0.2) is 88.3 Å². The second kappa shape index (κ2) is 13.0. The molecular weight excluding hydrogens is 524 g/mol. The van der Waals surface area contributed by atoms with Crippen molar-refractivity contribution in [3.8, 4) is 11.1 Å². The fourth-order valence-corrected chi connectivity index (χ4v) is 5.03. The summed E-state index contributed by atoms with van der Waals surface area (Å²) >= 11 is 0. The van der Waals surface area contributed by atoms with Gasteiger partial charge in [0.2, 0.25) is 0 Å². The van der Waals surface area contributed by atoms with Crippen LogP contribution in [0.25, 0.3) is 27.7 Å². The van der Waals surface area contributed by atoms with Crippen LogP contribution in [0.5, 0.6) is 0 Å². The molecule has 1 aliphatic heterocycles. The summed E-state index contributed by atoms with van der Waals surface area (Å²) < 4.78 is 0. The van der Waals surface area contributed by atoms with Crippen LogP contribution < -0.4 is 16.0 Å². The first-order chi connectivity index (χ1) is 20.3.